The number of nitrogens with zero attached hydrogens (tertiary/aromatic N) is 2. The number of halogens is 1. The van der Waals surface area contributed by atoms with Gasteiger partial charge in [0.25, 0.3) is 0 Å². The van der Waals surface area contributed by atoms with E-state index >= 15 is 0 Å². The molecule has 1 atom stereocenters. The lowest BCUT2D eigenvalue weighted by Crippen LogP contribution is -2.48. The van der Waals surface area contributed by atoms with Crippen molar-refractivity contribution in [1.29, 1.82) is 0 Å². The predicted molar refractivity (Wildman–Crippen MR) is 132 cm³/mol. The van der Waals surface area contributed by atoms with E-state index in [-0.39, 0.29) is 36.9 Å². The number of nitrogens with one attached hydrogen (secondary N) is 1. The molecular weight excluding hydrogens is 453 g/mol. The number of ether oxygens (including phenoxy) is 1. The summed E-state index contributed by atoms with van der Waals surface area (Å²) in [6.45, 7) is 4.94. The fourth-order valence-corrected chi connectivity index (χ4v) is 4.96. The van der Waals surface area contributed by atoms with E-state index in [1.165, 1.54) is 21.9 Å². The Morgan fingerprint density at radius 1 is 1.21 bits per heavy atom. The molecule has 0 spiro atoms. The van der Waals surface area contributed by atoms with Crippen LogP contribution in [0.25, 0.3) is 0 Å². The van der Waals surface area contributed by atoms with Gasteiger partial charge in [-0.25, -0.2) is 9.18 Å². The van der Waals surface area contributed by atoms with Crippen LogP contribution in [0, 0.1) is 12.7 Å². The van der Waals surface area contributed by atoms with Gasteiger partial charge in [0.15, 0.2) is 0 Å². The molecule has 1 N–H and O–H groups in total. The van der Waals surface area contributed by atoms with Gasteiger partial charge in [0, 0.05) is 29.7 Å². The van der Waals surface area contributed by atoms with Crippen LogP contribution in [-0.4, -0.2) is 48.0 Å². The first-order chi connectivity index (χ1) is 16.4. The minimum atomic E-state index is -0.372. The number of likely N-dealkylation sites (N-methyl/N-ethyl adjacent to an activating group) is 1. The molecule has 0 aliphatic carbocycles. The number of anilines is 1. The molecule has 3 amide bonds. The standard InChI is InChI=1S/C26H28FN3O3S/c1-3-29(26(32)28-20-9-7-18(2)8-10-20)16-25(31)30-13-11-24-22(12-14-34-24)23(30)17-33-21-6-4-5-19(27)15-21/h4-10,12,14-15,23H,3,11,13,16-17H2,1-2H3,(H,28,32)/t23-/m0/s1. The van der Waals surface area contributed by atoms with Crippen molar-refractivity contribution in [3.05, 3.63) is 81.8 Å². The summed E-state index contributed by atoms with van der Waals surface area (Å²) < 4.78 is 19.5. The summed E-state index contributed by atoms with van der Waals surface area (Å²) in [5.74, 6) is -0.100. The van der Waals surface area contributed by atoms with Crippen molar-refractivity contribution in [2.75, 3.05) is 31.6 Å². The highest BCUT2D eigenvalue weighted by Crippen LogP contribution is 2.34. The number of hydrogen-bond acceptors (Lipinski definition) is 4. The molecule has 178 valence electrons. The Bertz CT molecular complexity index is 1150. The van der Waals surface area contributed by atoms with Gasteiger partial charge in [-0.05, 0) is 61.5 Å². The molecule has 2 aromatic carbocycles. The largest absolute Gasteiger partial charge is 0.491 e. The quantitative estimate of drug-likeness (QED) is 0.501. The smallest absolute Gasteiger partial charge is 0.322 e. The summed E-state index contributed by atoms with van der Waals surface area (Å²) in [7, 11) is 0. The van der Waals surface area contributed by atoms with Crippen LogP contribution in [0.4, 0.5) is 14.9 Å². The Kier molecular flexibility index (Phi) is 7.47. The highest BCUT2D eigenvalue weighted by Gasteiger charge is 2.33. The number of thiophene rings is 1. The Hall–Kier alpha value is -3.39. The average Bonchev–Trinajstić information content (AvgIpc) is 3.31. The Balaban J connectivity index is 1.45. The summed E-state index contributed by atoms with van der Waals surface area (Å²) in [6, 6.07) is 14.9. The number of benzene rings is 2. The van der Waals surface area contributed by atoms with Gasteiger partial charge in [0.05, 0.1) is 6.04 Å². The maximum absolute atomic E-state index is 13.6. The second kappa shape index (κ2) is 10.7. The molecule has 1 aromatic heterocycles. The molecular formula is C26H28FN3O3S. The number of fused-ring (bicyclic) bond motifs is 1. The van der Waals surface area contributed by atoms with Gasteiger partial charge in [-0.1, -0.05) is 23.8 Å². The maximum atomic E-state index is 13.6. The number of aryl methyl sites for hydroxylation is 1. The first kappa shape index (κ1) is 23.8. The van der Waals surface area contributed by atoms with Crippen LogP contribution in [0.3, 0.4) is 0 Å². The minimum Gasteiger partial charge on any atom is -0.491 e. The van der Waals surface area contributed by atoms with Crippen LogP contribution < -0.4 is 10.1 Å². The van der Waals surface area contributed by atoms with Crippen LogP contribution in [0.2, 0.25) is 0 Å². The second-order valence-corrected chi connectivity index (χ2v) is 9.23. The van der Waals surface area contributed by atoms with Gasteiger partial charge in [-0.2, -0.15) is 0 Å². The maximum Gasteiger partial charge on any atom is 0.322 e. The molecule has 0 saturated heterocycles. The molecule has 2 heterocycles. The monoisotopic (exact) mass is 481 g/mol. The first-order valence-corrected chi connectivity index (χ1v) is 12.2. The summed E-state index contributed by atoms with van der Waals surface area (Å²) >= 11 is 1.66. The predicted octanol–water partition coefficient (Wildman–Crippen LogP) is 5.25. The number of rotatable bonds is 7. The highest BCUT2D eigenvalue weighted by molar-refractivity contribution is 7.10. The van der Waals surface area contributed by atoms with Crippen molar-refractivity contribution in [3.8, 4) is 5.75 Å². The molecule has 1 aliphatic rings. The molecule has 6 nitrogen and oxygen atoms in total. The van der Waals surface area contributed by atoms with Crippen LogP contribution in [0.1, 0.15) is 29.0 Å². The number of urea groups is 1. The van der Waals surface area contributed by atoms with Crippen molar-refractivity contribution in [2.24, 2.45) is 0 Å². The zero-order valence-electron chi connectivity index (χ0n) is 19.3. The van der Waals surface area contributed by atoms with Crippen molar-refractivity contribution in [2.45, 2.75) is 26.3 Å². The number of hydrogen-bond donors (Lipinski definition) is 1. The van der Waals surface area contributed by atoms with Crippen LogP contribution in [-0.2, 0) is 11.2 Å². The molecule has 0 unspecified atom stereocenters. The zero-order valence-corrected chi connectivity index (χ0v) is 20.1. The SMILES string of the molecule is CCN(CC(=O)N1CCc2sccc2[C@@H]1COc1cccc(F)c1)C(=O)Nc1ccc(C)cc1. The second-order valence-electron chi connectivity index (χ2n) is 8.23. The Morgan fingerprint density at radius 2 is 2.00 bits per heavy atom. The summed E-state index contributed by atoms with van der Waals surface area (Å²) in [5, 5.41) is 4.88. The van der Waals surface area contributed by atoms with Crippen molar-refractivity contribution < 1.29 is 18.7 Å². The average molecular weight is 482 g/mol. The molecule has 0 radical (unpaired) electrons. The lowest BCUT2D eigenvalue weighted by molar-refractivity contribution is -0.135. The van der Waals surface area contributed by atoms with Crippen LogP contribution >= 0.6 is 11.3 Å². The topological polar surface area (TPSA) is 61.9 Å². The third kappa shape index (κ3) is 5.56. The molecule has 34 heavy (non-hydrogen) atoms. The molecule has 3 aromatic rings. The van der Waals surface area contributed by atoms with Crippen LogP contribution in [0.15, 0.2) is 60.0 Å². The van der Waals surface area contributed by atoms with Crippen molar-refractivity contribution >= 4 is 29.0 Å². The van der Waals surface area contributed by atoms with E-state index in [0.29, 0.717) is 24.5 Å². The number of amides is 3. The lowest BCUT2D eigenvalue weighted by Gasteiger charge is -2.37. The molecule has 4 rings (SSSR count). The van der Waals surface area contributed by atoms with Crippen LogP contribution in [0.5, 0.6) is 5.75 Å². The Labute approximate surface area is 203 Å². The van der Waals surface area contributed by atoms with Crippen molar-refractivity contribution in [1.82, 2.24) is 9.80 Å². The van der Waals surface area contributed by atoms with E-state index in [2.05, 4.69) is 5.32 Å². The van der Waals surface area contributed by atoms with E-state index in [0.717, 1.165) is 17.5 Å². The number of carbonyl (C=O) groups is 2. The van der Waals surface area contributed by atoms with E-state index in [1.54, 1.807) is 28.4 Å². The molecule has 0 fully saturated rings. The molecule has 1 aliphatic heterocycles. The van der Waals surface area contributed by atoms with Gasteiger partial charge in [0.2, 0.25) is 5.91 Å². The lowest BCUT2D eigenvalue weighted by atomic mass is 10.0. The molecule has 8 heteroatoms. The zero-order chi connectivity index (χ0) is 24.1. The van der Waals surface area contributed by atoms with E-state index in [9.17, 15) is 14.0 Å². The number of carbonyl (C=O) groups excluding carboxylic acids is 2. The van der Waals surface area contributed by atoms with Gasteiger partial charge in [-0.15, -0.1) is 11.3 Å². The molecule has 0 saturated carbocycles. The van der Waals surface area contributed by atoms with E-state index < -0.39 is 0 Å². The van der Waals surface area contributed by atoms with Crippen molar-refractivity contribution in [3.63, 3.8) is 0 Å². The third-order valence-corrected chi connectivity index (χ3v) is 6.91. The Morgan fingerprint density at radius 3 is 2.74 bits per heavy atom. The van der Waals surface area contributed by atoms with Gasteiger partial charge in [0.1, 0.15) is 24.7 Å². The summed E-state index contributed by atoms with van der Waals surface area (Å²) in [4.78, 5) is 30.7. The van der Waals surface area contributed by atoms with Gasteiger partial charge in [-0.3, -0.25) is 4.79 Å². The van der Waals surface area contributed by atoms with Gasteiger partial charge < -0.3 is 19.9 Å². The summed E-state index contributed by atoms with van der Waals surface area (Å²) in [6.07, 6.45) is 0.761. The van der Waals surface area contributed by atoms with Gasteiger partial charge >= 0.3 is 6.03 Å². The van der Waals surface area contributed by atoms with E-state index in [1.807, 2.05) is 49.6 Å². The minimum absolute atomic E-state index is 0.0376. The summed E-state index contributed by atoms with van der Waals surface area (Å²) in [5.41, 5.74) is 2.84. The highest BCUT2D eigenvalue weighted by atomic mass is 32.1. The fourth-order valence-electron chi connectivity index (χ4n) is 4.03. The fraction of sp³-hybridized carbons (Fsp3) is 0.308. The molecule has 0 bridgehead atoms. The third-order valence-electron chi connectivity index (χ3n) is 5.92. The van der Waals surface area contributed by atoms with E-state index in [4.69, 9.17) is 4.74 Å². The first-order valence-electron chi connectivity index (χ1n) is 11.3. The normalized spacial score (nSPS) is 14.9.